The molecule has 0 aromatic heterocycles. The van der Waals surface area contributed by atoms with Crippen LogP contribution in [0.25, 0.3) is 0 Å². The summed E-state index contributed by atoms with van der Waals surface area (Å²) >= 11 is 6.61. The molecule has 0 bridgehead atoms. The molecule has 6 heteroatoms. The molecule has 2 aliphatic rings. The average Bonchev–Trinajstić information content (AvgIpc) is 3.14. The summed E-state index contributed by atoms with van der Waals surface area (Å²) in [7, 11) is 1.61. The van der Waals surface area contributed by atoms with Gasteiger partial charge >= 0.3 is 0 Å². The number of carbonyl (C=O) groups excluding carboxylic acids is 2. The van der Waals surface area contributed by atoms with E-state index in [4.69, 9.17) is 16.3 Å². The van der Waals surface area contributed by atoms with Crippen LogP contribution in [-0.2, 0) is 6.42 Å². The van der Waals surface area contributed by atoms with Crippen LogP contribution < -0.4 is 10.1 Å². The van der Waals surface area contributed by atoms with E-state index in [0.29, 0.717) is 34.9 Å². The van der Waals surface area contributed by atoms with Crippen LogP contribution in [0, 0.1) is 6.92 Å². The van der Waals surface area contributed by atoms with Crippen molar-refractivity contribution >= 4 is 23.4 Å². The molecule has 0 unspecified atom stereocenters. The van der Waals surface area contributed by atoms with E-state index in [-0.39, 0.29) is 17.9 Å². The number of carbonyl (C=O) groups is 2. The second-order valence-corrected chi connectivity index (χ2v) is 7.79. The monoisotopic (exact) mass is 398 g/mol. The van der Waals surface area contributed by atoms with Crippen molar-refractivity contribution < 1.29 is 14.3 Å². The van der Waals surface area contributed by atoms with Crippen LogP contribution in [0.1, 0.15) is 50.2 Å². The molecule has 146 valence electrons. The summed E-state index contributed by atoms with van der Waals surface area (Å²) in [5.74, 6) is 0.407. The normalized spacial score (nSPS) is 18.2. The number of benzene rings is 2. The van der Waals surface area contributed by atoms with Crippen LogP contribution in [0.15, 0.2) is 30.3 Å². The summed E-state index contributed by atoms with van der Waals surface area (Å²) in [6.07, 6.45) is 2.61. The van der Waals surface area contributed by atoms with Gasteiger partial charge in [-0.25, -0.2) is 0 Å². The number of ether oxygens (including phenoxy) is 1. The first kappa shape index (κ1) is 18.8. The number of rotatable bonds is 3. The number of amides is 2. The summed E-state index contributed by atoms with van der Waals surface area (Å²) in [6, 6.07) is 9.52. The Morgan fingerprint density at radius 2 is 2.07 bits per heavy atom. The molecule has 1 atom stereocenters. The molecule has 1 fully saturated rings. The zero-order valence-corrected chi connectivity index (χ0v) is 16.8. The van der Waals surface area contributed by atoms with Crippen LogP contribution in [0.3, 0.4) is 0 Å². The molecule has 2 amide bonds. The minimum absolute atomic E-state index is 0.00751. The molecule has 28 heavy (non-hydrogen) atoms. The zero-order chi connectivity index (χ0) is 19.8. The second-order valence-electron chi connectivity index (χ2n) is 7.41. The Labute approximate surface area is 169 Å². The lowest BCUT2D eigenvalue weighted by atomic mass is 9.96. The quantitative estimate of drug-likeness (QED) is 0.859. The van der Waals surface area contributed by atoms with Gasteiger partial charge < -0.3 is 15.0 Å². The summed E-state index contributed by atoms with van der Waals surface area (Å²) in [5.41, 5.74) is 4.13. The van der Waals surface area contributed by atoms with Crippen molar-refractivity contribution in [2.75, 3.05) is 20.2 Å². The van der Waals surface area contributed by atoms with Gasteiger partial charge in [0.15, 0.2) is 5.75 Å². The summed E-state index contributed by atoms with van der Waals surface area (Å²) < 4.78 is 5.97. The first-order valence-electron chi connectivity index (χ1n) is 9.56. The predicted molar refractivity (Wildman–Crippen MR) is 108 cm³/mol. The van der Waals surface area contributed by atoms with Crippen molar-refractivity contribution in [3.8, 4) is 5.75 Å². The van der Waals surface area contributed by atoms with E-state index >= 15 is 0 Å². The largest absolute Gasteiger partial charge is 0.489 e. The molecule has 2 aromatic rings. The smallest absolute Gasteiger partial charge is 0.258 e. The Hall–Kier alpha value is -2.53. The third-order valence-corrected chi connectivity index (χ3v) is 6.15. The second kappa shape index (κ2) is 7.47. The molecule has 0 spiro atoms. The molecule has 1 saturated heterocycles. The number of nitrogens with zero attached hydrogens (tertiary/aromatic N) is 1. The Kier molecular flexibility index (Phi) is 5.02. The van der Waals surface area contributed by atoms with Crippen LogP contribution in [0.2, 0.25) is 5.02 Å². The minimum atomic E-state index is -0.112. The van der Waals surface area contributed by atoms with Crippen LogP contribution in [0.5, 0.6) is 5.75 Å². The van der Waals surface area contributed by atoms with Gasteiger partial charge in [-0.3, -0.25) is 9.59 Å². The third kappa shape index (κ3) is 3.24. The first-order valence-corrected chi connectivity index (χ1v) is 9.94. The third-order valence-electron chi connectivity index (χ3n) is 5.70. The molecule has 4 rings (SSSR count). The van der Waals surface area contributed by atoms with Crippen LogP contribution >= 0.6 is 11.6 Å². The van der Waals surface area contributed by atoms with Crippen molar-refractivity contribution in [2.45, 2.75) is 32.2 Å². The predicted octanol–water partition coefficient (Wildman–Crippen LogP) is 3.60. The van der Waals surface area contributed by atoms with E-state index in [1.807, 2.05) is 30.0 Å². The highest BCUT2D eigenvalue weighted by molar-refractivity contribution is 6.33. The van der Waals surface area contributed by atoms with E-state index in [1.165, 1.54) is 0 Å². The molecule has 1 N–H and O–H groups in total. The summed E-state index contributed by atoms with van der Waals surface area (Å²) in [6.45, 7) is 3.23. The van der Waals surface area contributed by atoms with Gasteiger partial charge in [0, 0.05) is 19.2 Å². The van der Waals surface area contributed by atoms with Crippen LogP contribution in [0.4, 0.5) is 0 Å². The van der Waals surface area contributed by atoms with Gasteiger partial charge in [0.2, 0.25) is 0 Å². The highest BCUT2D eigenvalue weighted by Gasteiger charge is 2.35. The number of hydrogen-bond acceptors (Lipinski definition) is 3. The van der Waals surface area contributed by atoms with Crippen molar-refractivity contribution in [3.05, 3.63) is 63.2 Å². The molecule has 5 nitrogen and oxygen atoms in total. The molecular weight excluding hydrogens is 376 g/mol. The molecule has 2 heterocycles. The Bertz CT molecular complexity index is 940. The highest BCUT2D eigenvalue weighted by atomic mass is 35.5. The lowest BCUT2D eigenvalue weighted by molar-refractivity contribution is 0.0726. The van der Waals surface area contributed by atoms with Crippen molar-refractivity contribution in [1.82, 2.24) is 10.2 Å². The van der Waals surface area contributed by atoms with Gasteiger partial charge in [0.1, 0.15) is 6.61 Å². The Balaban J connectivity index is 1.67. The van der Waals surface area contributed by atoms with Gasteiger partial charge in [-0.1, -0.05) is 23.7 Å². The van der Waals surface area contributed by atoms with E-state index < -0.39 is 0 Å². The molecule has 0 aliphatic carbocycles. The SMILES string of the molecule is CNC(=O)c1ccc(Cc2cc3c(c(Cl)c2C)OC[C@H]2CCCN2C3=O)cc1. The molecule has 0 saturated carbocycles. The van der Waals surface area contributed by atoms with Gasteiger partial charge in [0.25, 0.3) is 11.8 Å². The molecule has 2 aliphatic heterocycles. The number of halogens is 1. The maximum absolute atomic E-state index is 13.1. The molecule has 2 aromatic carbocycles. The van der Waals surface area contributed by atoms with E-state index in [9.17, 15) is 9.59 Å². The fourth-order valence-corrected chi connectivity index (χ4v) is 4.29. The molecular formula is C22H23ClN2O3. The fourth-order valence-electron chi connectivity index (χ4n) is 4.01. The zero-order valence-electron chi connectivity index (χ0n) is 16.0. The maximum Gasteiger partial charge on any atom is 0.258 e. The Morgan fingerprint density at radius 3 is 2.79 bits per heavy atom. The van der Waals surface area contributed by atoms with Crippen molar-refractivity contribution in [3.63, 3.8) is 0 Å². The lowest BCUT2D eigenvalue weighted by Gasteiger charge is -2.20. The highest BCUT2D eigenvalue weighted by Crippen LogP contribution is 2.39. The minimum Gasteiger partial charge on any atom is -0.489 e. The van der Waals surface area contributed by atoms with Gasteiger partial charge in [-0.15, -0.1) is 0 Å². The van der Waals surface area contributed by atoms with E-state index in [2.05, 4.69) is 5.32 Å². The number of fused-ring (bicyclic) bond motifs is 2. The summed E-state index contributed by atoms with van der Waals surface area (Å²) in [5, 5.41) is 3.14. The average molecular weight is 399 g/mol. The maximum atomic E-state index is 13.1. The van der Waals surface area contributed by atoms with Crippen molar-refractivity contribution in [1.29, 1.82) is 0 Å². The first-order chi connectivity index (χ1) is 13.5. The number of nitrogens with one attached hydrogen (secondary N) is 1. The summed E-state index contributed by atoms with van der Waals surface area (Å²) in [4.78, 5) is 26.7. The van der Waals surface area contributed by atoms with E-state index in [0.717, 1.165) is 36.1 Å². The standard InChI is InChI=1S/C22H23ClN2O3/c1-13-16(10-14-5-7-15(8-6-14)21(26)24-2)11-18-20(19(13)23)28-12-17-4-3-9-25(17)22(18)27/h5-8,11,17H,3-4,9-10,12H2,1-2H3,(H,24,26)/t17-/m1/s1. The van der Waals surface area contributed by atoms with Crippen LogP contribution in [-0.4, -0.2) is 43.0 Å². The number of hydrogen-bond donors (Lipinski definition) is 1. The van der Waals surface area contributed by atoms with Gasteiger partial charge in [-0.05, 0) is 61.1 Å². The van der Waals surface area contributed by atoms with Crippen molar-refractivity contribution in [2.24, 2.45) is 0 Å². The Morgan fingerprint density at radius 1 is 1.32 bits per heavy atom. The fraction of sp³-hybridized carbons (Fsp3) is 0.364. The lowest BCUT2D eigenvalue weighted by Crippen LogP contribution is -2.36. The molecule has 0 radical (unpaired) electrons. The van der Waals surface area contributed by atoms with Gasteiger partial charge in [0.05, 0.1) is 16.6 Å². The van der Waals surface area contributed by atoms with Gasteiger partial charge in [-0.2, -0.15) is 0 Å². The van der Waals surface area contributed by atoms with E-state index in [1.54, 1.807) is 19.2 Å². The topological polar surface area (TPSA) is 58.6 Å².